The van der Waals surface area contributed by atoms with Crippen LogP contribution in [0.4, 0.5) is 0 Å². The smallest absolute Gasteiger partial charge is 0.0645 e. The fraction of sp³-hybridized carbons (Fsp3) is 0.700. The lowest BCUT2D eigenvalue weighted by Crippen LogP contribution is -2.29. The standard InChI is InChI=1S/C10H17N3/c1-8-6-9(12-13(8)3)7-10(11-2)4-5-10/h6,11H,4-5,7H2,1-3H3. The maximum atomic E-state index is 4.46. The van der Waals surface area contributed by atoms with Crippen LogP contribution in [0.2, 0.25) is 0 Å². The van der Waals surface area contributed by atoms with Gasteiger partial charge in [-0.15, -0.1) is 0 Å². The lowest BCUT2D eigenvalue weighted by molar-refractivity contribution is 0.537. The Balaban J connectivity index is 2.10. The Morgan fingerprint density at radius 2 is 2.31 bits per heavy atom. The van der Waals surface area contributed by atoms with Crippen molar-refractivity contribution in [3.63, 3.8) is 0 Å². The number of likely N-dealkylation sites (N-methyl/N-ethyl adjacent to an activating group) is 1. The van der Waals surface area contributed by atoms with Crippen molar-refractivity contribution in [2.24, 2.45) is 7.05 Å². The predicted octanol–water partition coefficient (Wildman–Crippen LogP) is 1.02. The van der Waals surface area contributed by atoms with E-state index in [2.05, 4.69) is 23.4 Å². The van der Waals surface area contributed by atoms with Crippen molar-refractivity contribution in [1.82, 2.24) is 15.1 Å². The summed E-state index contributed by atoms with van der Waals surface area (Å²) in [5.74, 6) is 0. The van der Waals surface area contributed by atoms with Crippen LogP contribution in [-0.4, -0.2) is 22.4 Å². The highest BCUT2D eigenvalue weighted by Gasteiger charge is 2.41. The summed E-state index contributed by atoms with van der Waals surface area (Å²) in [5.41, 5.74) is 2.83. The van der Waals surface area contributed by atoms with Crippen LogP contribution in [0.3, 0.4) is 0 Å². The van der Waals surface area contributed by atoms with Gasteiger partial charge in [-0.2, -0.15) is 5.10 Å². The summed E-state index contributed by atoms with van der Waals surface area (Å²) in [4.78, 5) is 0. The highest BCUT2D eigenvalue weighted by Crippen LogP contribution is 2.37. The first-order valence-corrected chi connectivity index (χ1v) is 4.84. The topological polar surface area (TPSA) is 29.9 Å². The molecule has 0 radical (unpaired) electrons. The summed E-state index contributed by atoms with van der Waals surface area (Å²) in [6.07, 6.45) is 3.66. The third-order valence-corrected chi connectivity index (χ3v) is 3.07. The summed E-state index contributed by atoms with van der Waals surface area (Å²) in [6, 6.07) is 2.18. The molecule has 0 spiro atoms. The Bertz CT molecular complexity index is 290. The van der Waals surface area contributed by atoms with Gasteiger partial charge in [0.05, 0.1) is 5.69 Å². The van der Waals surface area contributed by atoms with Gasteiger partial charge in [-0.25, -0.2) is 0 Å². The molecule has 0 unspecified atom stereocenters. The van der Waals surface area contributed by atoms with E-state index in [0.29, 0.717) is 5.54 Å². The molecule has 0 bridgehead atoms. The number of aromatic nitrogens is 2. The van der Waals surface area contributed by atoms with Crippen molar-refractivity contribution < 1.29 is 0 Å². The van der Waals surface area contributed by atoms with E-state index in [1.54, 1.807) is 0 Å². The molecule has 1 aliphatic carbocycles. The van der Waals surface area contributed by atoms with Crippen molar-refractivity contribution in [2.45, 2.75) is 31.7 Å². The Labute approximate surface area is 79.1 Å². The van der Waals surface area contributed by atoms with Gasteiger partial charge in [0.2, 0.25) is 0 Å². The molecule has 0 saturated heterocycles. The minimum absolute atomic E-state index is 0.376. The molecule has 2 rings (SSSR count). The van der Waals surface area contributed by atoms with Crippen LogP contribution in [0, 0.1) is 6.92 Å². The van der Waals surface area contributed by atoms with Gasteiger partial charge in [0, 0.05) is 24.7 Å². The molecular formula is C10H17N3. The summed E-state index contributed by atoms with van der Waals surface area (Å²) in [6.45, 7) is 2.09. The quantitative estimate of drug-likeness (QED) is 0.751. The fourth-order valence-electron chi connectivity index (χ4n) is 1.73. The summed E-state index contributed by atoms with van der Waals surface area (Å²) in [5, 5.41) is 7.84. The van der Waals surface area contributed by atoms with E-state index in [9.17, 15) is 0 Å². The Morgan fingerprint density at radius 1 is 1.62 bits per heavy atom. The average Bonchev–Trinajstić information content (AvgIpc) is 2.78. The van der Waals surface area contributed by atoms with Crippen LogP contribution in [0.15, 0.2) is 6.07 Å². The largest absolute Gasteiger partial charge is 0.314 e. The monoisotopic (exact) mass is 179 g/mol. The maximum Gasteiger partial charge on any atom is 0.0645 e. The van der Waals surface area contributed by atoms with Crippen LogP contribution in [0.5, 0.6) is 0 Å². The Kier molecular flexibility index (Phi) is 1.91. The van der Waals surface area contributed by atoms with E-state index in [4.69, 9.17) is 0 Å². The van der Waals surface area contributed by atoms with E-state index in [1.165, 1.54) is 24.2 Å². The third-order valence-electron chi connectivity index (χ3n) is 3.07. The number of nitrogens with zero attached hydrogens (tertiary/aromatic N) is 2. The minimum Gasteiger partial charge on any atom is -0.314 e. The van der Waals surface area contributed by atoms with Crippen LogP contribution < -0.4 is 5.32 Å². The van der Waals surface area contributed by atoms with Crippen molar-refractivity contribution in [2.75, 3.05) is 7.05 Å². The molecule has 0 atom stereocenters. The van der Waals surface area contributed by atoms with Gasteiger partial charge in [0.1, 0.15) is 0 Å². The molecule has 1 aromatic rings. The highest BCUT2D eigenvalue weighted by atomic mass is 15.3. The Morgan fingerprint density at radius 3 is 2.69 bits per heavy atom. The highest BCUT2D eigenvalue weighted by molar-refractivity contribution is 5.16. The molecule has 72 valence electrons. The molecule has 1 fully saturated rings. The summed E-state index contributed by atoms with van der Waals surface area (Å²) >= 11 is 0. The van der Waals surface area contributed by atoms with Crippen molar-refractivity contribution >= 4 is 0 Å². The zero-order chi connectivity index (χ0) is 9.47. The van der Waals surface area contributed by atoms with Gasteiger partial charge in [0.25, 0.3) is 0 Å². The second-order valence-electron chi connectivity index (χ2n) is 4.11. The van der Waals surface area contributed by atoms with Crippen LogP contribution in [0.25, 0.3) is 0 Å². The van der Waals surface area contributed by atoms with Gasteiger partial charge in [-0.05, 0) is 32.9 Å². The third kappa shape index (κ3) is 1.61. The fourth-order valence-corrected chi connectivity index (χ4v) is 1.73. The van der Waals surface area contributed by atoms with E-state index in [0.717, 1.165) is 6.42 Å². The molecule has 0 aromatic carbocycles. The number of aryl methyl sites for hydroxylation is 2. The molecular weight excluding hydrogens is 162 g/mol. The normalized spacial score (nSPS) is 19.0. The molecule has 1 heterocycles. The number of hydrogen-bond acceptors (Lipinski definition) is 2. The van der Waals surface area contributed by atoms with Crippen molar-refractivity contribution in [3.05, 3.63) is 17.5 Å². The van der Waals surface area contributed by atoms with Crippen molar-refractivity contribution in [3.8, 4) is 0 Å². The summed E-state index contributed by atoms with van der Waals surface area (Å²) < 4.78 is 1.95. The first-order chi connectivity index (χ1) is 6.15. The lowest BCUT2D eigenvalue weighted by Gasteiger charge is -2.10. The van der Waals surface area contributed by atoms with E-state index in [-0.39, 0.29) is 0 Å². The molecule has 0 amide bonds. The van der Waals surface area contributed by atoms with Gasteiger partial charge in [-0.1, -0.05) is 0 Å². The molecule has 3 nitrogen and oxygen atoms in total. The van der Waals surface area contributed by atoms with Gasteiger partial charge < -0.3 is 5.32 Å². The molecule has 1 saturated carbocycles. The number of nitrogens with one attached hydrogen (secondary N) is 1. The predicted molar refractivity (Wildman–Crippen MR) is 52.7 cm³/mol. The Hall–Kier alpha value is -0.830. The van der Waals surface area contributed by atoms with Gasteiger partial charge in [0.15, 0.2) is 0 Å². The van der Waals surface area contributed by atoms with Crippen LogP contribution >= 0.6 is 0 Å². The molecule has 1 aromatic heterocycles. The SMILES string of the molecule is CNC1(Cc2cc(C)n(C)n2)CC1. The second kappa shape index (κ2) is 2.84. The first kappa shape index (κ1) is 8.75. The zero-order valence-corrected chi connectivity index (χ0v) is 8.59. The molecule has 0 aliphatic heterocycles. The van der Waals surface area contributed by atoms with Gasteiger partial charge >= 0.3 is 0 Å². The molecule has 3 heteroatoms. The van der Waals surface area contributed by atoms with Crippen LogP contribution in [0.1, 0.15) is 24.2 Å². The molecule has 1 N–H and O–H groups in total. The lowest BCUT2D eigenvalue weighted by atomic mass is 10.1. The second-order valence-corrected chi connectivity index (χ2v) is 4.11. The van der Waals surface area contributed by atoms with Crippen LogP contribution in [-0.2, 0) is 13.5 Å². The summed E-state index contributed by atoms with van der Waals surface area (Å²) in [7, 11) is 4.04. The molecule has 1 aliphatic rings. The number of rotatable bonds is 3. The zero-order valence-electron chi connectivity index (χ0n) is 8.59. The first-order valence-electron chi connectivity index (χ1n) is 4.84. The number of hydrogen-bond donors (Lipinski definition) is 1. The minimum atomic E-state index is 0.376. The van der Waals surface area contributed by atoms with E-state index >= 15 is 0 Å². The van der Waals surface area contributed by atoms with E-state index in [1.807, 2.05) is 18.8 Å². The van der Waals surface area contributed by atoms with Gasteiger partial charge in [-0.3, -0.25) is 4.68 Å². The average molecular weight is 179 g/mol. The molecule has 13 heavy (non-hydrogen) atoms. The maximum absolute atomic E-state index is 4.46. The van der Waals surface area contributed by atoms with E-state index < -0.39 is 0 Å². The van der Waals surface area contributed by atoms with Crippen molar-refractivity contribution in [1.29, 1.82) is 0 Å².